The average molecular weight is 380 g/mol. The number of benzene rings is 1. The number of aliphatic carboxylic acids is 1. The Morgan fingerprint density at radius 2 is 2.19 bits per heavy atom. The van der Waals surface area contributed by atoms with Crippen LogP contribution in [0.4, 0.5) is 0 Å². The highest BCUT2D eigenvalue weighted by Gasteiger charge is 2.33. The normalized spacial score (nSPS) is 16.3. The average Bonchev–Trinajstić information content (AvgIpc) is 3.13. The largest absolute Gasteiger partial charge is 0.482 e. The first-order valence-electron chi connectivity index (χ1n) is 8.59. The van der Waals surface area contributed by atoms with Crippen LogP contribution < -0.4 is 10.1 Å². The summed E-state index contributed by atoms with van der Waals surface area (Å²) in [6.45, 7) is 1.91. The van der Waals surface area contributed by atoms with E-state index in [9.17, 15) is 14.4 Å². The van der Waals surface area contributed by atoms with E-state index in [0.29, 0.717) is 30.3 Å². The molecule has 0 aromatic heterocycles. The Morgan fingerprint density at radius 3 is 2.92 bits per heavy atom. The maximum Gasteiger partial charge on any atom is 0.341 e. The number of thioether (sulfide) groups is 1. The van der Waals surface area contributed by atoms with Gasteiger partial charge in [0.15, 0.2) is 6.61 Å². The zero-order valence-corrected chi connectivity index (χ0v) is 15.6. The molecule has 2 amide bonds. The summed E-state index contributed by atoms with van der Waals surface area (Å²) in [6.07, 6.45) is 2.26. The van der Waals surface area contributed by atoms with Crippen LogP contribution in [-0.4, -0.2) is 52.1 Å². The number of carboxylic acid groups (broad SMARTS) is 1. The first-order chi connectivity index (χ1) is 12.5. The number of nitrogens with zero attached hydrogens (tertiary/aromatic N) is 1. The molecule has 0 spiro atoms. The number of nitrogens with one attached hydrogen (secondary N) is 1. The number of hydrogen-bond donors (Lipinski definition) is 2. The number of ether oxygens (including phenoxy) is 1. The fourth-order valence-corrected chi connectivity index (χ4v) is 3.76. The number of carboxylic acids is 1. The second-order valence-corrected chi connectivity index (χ2v) is 7.03. The smallest absolute Gasteiger partial charge is 0.341 e. The van der Waals surface area contributed by atoms with E-state index in [1.165, 1.54) is 0 Å². The summed E-state index contributed by atoms with van der Waals surface area (Å²) < 4.78 is 5.13. The van der Waals surface area contributed by atoms with Gasteiger partial charge in [-0.25, -0.2) is 4.79 Å². The van der Waals surface area contributed by atoms with E-state index < -0.39 is 18.6 Å². The van der Waals surface area contributed by atoms with Crippen LogP contribution in [0.2, 0.25) is 0 Å². The molecule has 7 nitrogen and oxygen atoms in total. The molecule has 2 rings (SSSR count). The van der Waals surface area contributed by atoms with Gasteiger partial charge in [0.1, 0.15) is 11.8 Å². The lowest BCUT2D eigenvalue weighted by Gasteiger charge is -2.23. The number of unbranched alkanes of at least 4 members (excludes halogenated alkanes) is 1. The van der Waals surface area contributed by atoms with Gasteiger partial charge in [-0.3, -0.25) is 9.59 Å². The Balaban J connectivity index is 1.88. The summed E-state index contributed by atoms with van der Waals surface area (Å²) in [7, 11) is 0. The van der Waals surface area contributed by atoms with Crippen molar-refractivity contribution in [3.63, 3.8) is 0 Å². The molecular formula is C18H24N2O5S. The van der Waals surface area contributed by atoms with Gasteiger partial charge in [-0.1, -0.05) is 25.5 Å². The SMILES string of the molecule is CCCCC(=O)N1CSCC1C(=O)NCc1cccc(OCC(=O)O)c1. The van der Waals surface area contributed by atoms with Gasteiger partial charge in [-0.2, -0.15) is 0 Å². The van der Waals surface area contributed by atoms with Crippen molar-refractivity contribution in [2.24, 2.45) is 0 Å². The Hall–Kier alpha value is -2.22. The minimum absolute atomic E-state index is 0.0288. The predicted molar refractivity (Wildman–Crippen MR) is 98.9 cm³/mol. The van der Waals surface area contributed by atoms with Gasteiger partial charge in [0.25, 0.3) is 0 Å². The van der Waals surface area contributed by atoms with Crippen LogP contribution in [0.1, 0.15) is 31.7 Å². The lowest BCUT2D eigenvalue weighted by atomic mass is 10.2. The van der Waals surface area contributed by atoms with Crippen LogP contribution in [0.5, 0.6) is 5.75 Å². The van der Waals surface area contributed by atoms with Gasteiger partial charge < -0.3 is 20.1 Å². The Kier molecular flexibility index (Phi) is 7.77. The van der Waals surface area contributed by atoms with Crippen molar-refractivity contribution >= 4 is 29.5 Å². The molecular weight excluding hydrogens is 356 g/mol. The lowest BCUT2D eigenvalue weighted by Crippen LogP contribution is -2.47. The molecule has 1 aliphatic heterocycles. The molecule has 0 bridgehead atoms. The summed E-state index contributed by atoms with van der Waals surface area (Å²) in [5.74, 6) is 0.407. The maximum absolute atomic E-state index is 12.5. The third-order valence-corrected chi connectivity index (χ3v) is 4.99. The standard InChI is InChI=1S/C18H24N2O5S/c1-2-3-7-16(21)20-12-26-11-15(20)18(24)19-9-13-5-4-6-14(8-13)25-10-17(22)23/h4-6,8,15H,2-3,7,9-12H2,1H3,(H,19,24)(H,22,23). The lowest BCUT2D eigenvalue weighted by molar-refractivity contribution is -0.139. The summed E-state index contributed by atoms with van der Waals surface area (Å²) in [6, 6.07) is 6.48. The number of rotatable bonds is 9. The molecule has 8 heteroatoms. The number of carbonyl (C=O) groups excluding carboxylic acids is 2. The Morgan fingerprint density at radius 1 is 1.38 bits per heavy atom. The number of amides is 2. The van der Waals surface area contributed by atoms with Crippen LogP contribution in [0, 0.1) is 0 Å². The fraction of sp³-hybridized carbons (Fsp3) is 0.500. The molecule has 1 fully saturated rings. The van der Waals surface area contributed by atoms with Crippen LogP contribution in [0.3, 0.4) is 0 Å². The van der Waals surface area contributed by atoms with Crippen molar-refractivity contribution in [2.45, 2.75) is 38.8 Å². The molecule has 142 valence electrons. The molecule has 0 radical (unpaired) electrons. The van der Waals surface area contributed by atoms with E-state index >= 15 is 0 Å². The van der Waals surface area contributed by atoms with Crippen molar-refractivity contribution in [2.75, 3.05) is 18.2 Å². The van der Waals surface area contributed by atoms with E-state index in [0.717, 1.165) is 18.4 Å². The highest BCUT2D eigenvalue weighted by Crippen LogP contribution is 2.22. The molecule has 1 unspecified atom stereocenters. The third kappa shape index (κ3) is 5.94. The fourth-order valence-electron chi connectivity index (χ4n) is 2.57. The van der Waals surface area contributed by atoms with E-state index in [-0.39, 0.29) is 11.8 Å². The van der Waals surface area contributed by atoms with Crippen LogP contribution in [0.25, 0.3) is 0 Å². The van der Waals surface area contributed by atoms with Gasteiger partial charge >= 0.3 is 5.97 Å². The van der Waals surface area contributed by atoms with Gasteiger partial charge in [-0.05, 0) is 24.1 Å². The third-order valence-electron chi connectivity index (χ3n) is 3.98. The van der Waals surface area contributed by atoms with Gasteiger partial charge in [-0.15, -0.1) is 11.8 Å². The van der Waals surface area contributed by atoms with E-state index in [1.54, 1.807) is 34.9 Å². The zero-order valence-electron chi connectivity index (χ0n) is 14.8. The summed E-state index contributed by atoms with van der Waals surface area (Å²) in [5, 5.41) is 11.5. The molecule has 0 saturated carbocycles. The topological polar surface area (TPSA) is 95.9 Å². The summed E-state index contributed by atoms with van der Waals surface area (Å²) in [4.78, 5) is 36.9. The minimum atomic E-state index is -1.05. The second-order valence-electron chi connectivity index (χ2n) is 6.03. The quantitative estimate of drug-likeness (QED) is 0.679. The van der Waals surface area contributed by atoms with Crippen LogP contribution in [-0.2, 0) is 20.9 Å². The molecule has 26 heavy (non-hydrogen) atoms. The van der Waals surface area contributed by atoms with Crippen molar-refractivity contribution in [3.05, 3.63) is 29.8 Å². The van der Waals surface area contributed by atoms with E-state index in [2.05, 4.69) is 5.32 Å². The van der Waals surface area contributed by atoms with Gasteiger partial charge in [0.2, 0.25) is 11.8 Å². The van der Waals surface area contributed by atoms with E-state index in [4.69, 9.17) is 9.84 Å². The highest BCUT2D eigenvalue weighted by molar-refractivity contribution is 7.99. The van der Waals surface area contributed by atoms with Gasteiger partial charge in [0.05, 0.1) is 5.88 Å². The first-order valence-corrected chi connectivity index (χ1v) is 9.75. The zero-order chi connectivity index (χ0) is 18.9. The predicted octanol–water partition coefficient (Wildman–Crippen LogP) is 1.86. The molecule has 1 saturated heterocycles. The second kappa shape index (κ2) is 10.1. The van der Waals surface area contributed by atoms with E-state index in [1.807, 2.05) is 13.0 Å². The molecule has 1 heterocycles. The van der Waals surface area contributed by atoms with Crippen molar-refractivity contribution < 1.29 is 24.2 Å². The molecule has 1 aliphatic rings. The summed E-state index contributed by atoms with van der Waals surface area (Å²) in [5.41, 5.74) is 0.802. The number of hydrogen-bond acceptors (Lipinski definition) is 5. The van der Waals surface area contributed by atoms with Crippen molar-refractivity contribution in [1.82, 2.24) is 10.2 Å². The van der Waals surface area contributed by atoms with Crippen molar-refractivity contribution in [1.29, 1.82) is 0 Å². The molecule has 1 aromatic rings. The maximum atomic E-state index is 12.5. The Labute approximate surface area is 157 Å². The molecule has 0 aliphatic carbocycles. The molecule has 1 atom stereocenters. The van der Waals surface area contributed by atoms with Crippen LogP contribution in [0.15, 0.2) is 24.3 Å². The summed E-state index contributed by atoms with van der Waals surface area (Å²) >= 11 is 1.58. The molecule has 2 N–H and O–H groups in total. The van der Waals surface area contributed by atoms with Crippen molar-refractivity contribution in [3.8, 4) is 5.75 Å². The first kappa shape index (κ1) is 20.1. The highest BCUT2D eigenvalue weighted by atomic mass is 32.2. The molecule has 1 aromatic carbocycles. The monoisotopic (exact) mass is 380 g/mol. The number of carbonyl (C=O) groups is 3. The minimum Gasteiger partial charge on any atom is -0.482 e. The Bertz CT molecular complexity index is 652. The van der Waals surface area contributed by atoms with Crippen LogP contribution >= 0.6 is 11.8 Å². The van der Waals surface area contributed by atoms with Gasteiger partial charge in [0, 0.05) is 18.7 Å².